The number of esters is 1. The number of allylic oxidation sites excluding steroid dienone is 1. The van der Waals surface area contributed by atoms with Crippen molar-refractivity contribution in [1.29, 1.82) is 0 Å². The summed E-state index contributed by atoms with van der Waals surface area (Å²) in [6.45, 7) is 17.2. The SMILES string of the molecule is C=C.C=C(CC=Cc1ccccc1)C(=O)O.C=CC(=O)OCCCC.CC1(C(=O)O)CO1. The maximum Gasteiger partial charge on any atom is 0.338 e. The summed E-state index contributed by atoms with van der Waals surface area (Å²) in [4.78, 5) is 30.7. The summed E-state index contributed by atoms with van der Waals surface area (Å²) < 4.78 is 9.23. The molecule has 0 bridgehead atoms. The van der Waals surface area contributed by atoms with E-state index in [2.05, 4.69) is 35.8 Å². The van der Waals surface area contributed by atoms with E-state index in [1.54, 1.807) is 13.0 Å². The fraction of sp³-hybridized carbons (Fsp3) is 0.320. The average molecular weight is 447 g/mol. The van der Waals surface area contributed by atoms with Crippen molar-refractivity contribution in [2.75, 3.05) is 13.2 Å². The highest BCUT2D eigenvalue weighted by Crippen LogP contribution is 2.25. The first kappa shape index (κ1) is 30.7. The Morgan fingerprint density at radius 3 is 2.12 bits per heavy atom. The molecule has 0 amide bonds. The lowest BCUT2D eigenvalue weighted by Gasteiger charge is -1.97. The van der Waals surface area contributed by atoms with Gasteiger partial charge < -0.3 is 19.7 Å². The van der Waals surface area contributed by atoms with Crippen LogP contribution in [0.3, 0.4) is 0 Å². The number of rotatable bonds is 9. The Kier molecular flexibility index (Phi) is 17.6. The van der Waals surface area contributed by atoms with Crippen LogP contribution in [0.25, 0.3) is 6.08 Å². The molecule has 0 aromatic heterocycles. The number of hydrogen-bond acceptors (Lipinski definition) is 5. The number of hydrogen-bond donors (Lipinski definition) is 2. The molecule has 0 spiro atoms. The molecule has 7 heteroatoms. The molecule has 0 saturated carbocycles. The van der Waals surface area contributed by atoms with Crippen molar-refractivity contribution in [1.82, 2.24) is 0 Å². The maximum atomic E-state index is 10.4. The minimum absolute atomic E-state index is 0.206. The number of carboxylic acids is 2. The number of carbonyl (C=O) groups excluding carboxylic acids is 1. The van der Waals surface area contributed by atoms with Gasteiger partial charge in [-0.25, -0.2) is 14.4 Å². The first-order chi connectivity index (χ1) is 15.2. The van der Waals surface area contributed by atoms with E-state index in [9.17, 15) is 14.4 Å². The smallest absolute Gasteiger partial charge is 0.338 e. The van der Waals surface area contributed by atoms with E-state index in [0.717, 1.165) is 18.4 Å². The third-order valence-corrected chi connectivity index (χ3v) is 3.72. The highest BCUT2D eigenvalue weighted by Gasteiger charge is 2.47. The summed E-state index contributed by atoms with van der Waals surface area (Å²) in [5.41, 5.74) is 0.433. The molecule has 1 atom stereocenters. The normalized spacial score (nSPS) is 15.3. The Morgan fingerprint density at radius 2 is 1.75 bits per heavy atom. The highest BCUT2D eigenvalue weighted by molar-refractivity contribution is 5.86. The van der Waals surface area contributed by atoms with Crippen LogP contribution < -0.4 is 0 Å². The van der Waals surface area contributed by atoms with Crippen molar-refractivity contribution in [2.45, 2.75) is 38.7 Å². The van der Waals surface area contributed by atoms with Crippen LogP contribution in [0.4, 0.5) is 0 Å². The lowest BCUT2D eigenvalue weighted by molar-refractivity contribution is -0.142. The lowest BCUT2D eigenvalue weighted by atomic mass is 10.1. The molecule has 176 valence electrons. The van der Waals surface area contributed by atoms with Crippen LogP contribution >= 0.6 is 0 Å². The molecule has 1 saturated heterocycles. The molecule has 2 rings (SSSR count). The quantitative estimate of drug-likeness (QED) is 0.182. The lowest BCUT2D eigenvalue weighted by Crippen LogP contribution is -2.18. The number of aliphatic carboxylic acids is 2. The second-order valence-electron chi connectivity index (χ2n) is 6.48. The monoisotopic (exact) mass is 446 g/mol. The Balaban J connectivity index is 0. The molecule has 32 heavy (non-hydrogen) atoms. The van der Waals surface area contributed by atoms with Crippen LogP contribution in [-0.2, 0) is 23.9 Å². The molecule has 0 aliphatic carbocycles. The maximum absolute atomic E-state index is 10.4. The summed E-state index contributed by atoms with van der Waals surface area (Å²) >= 11 is 0. The van der Waals surface area contributed by atoms with Gasteiger partial charge in [-0.05, 0) is 25.3 Å². The van der Waals surface area contributed by atoms with Gasteiger partial charge in [0.2, 0.25) is 0 Å². The zero-order valence-corrected chi connectivity index (χ0v) is 18.9. The van der Waals surface area contributed by atoms with E-state index in [-0.39, 0.29) is 11.5 Å². The van der Waals surface area contributed by atoms with E-state index in [0.29, 0.717) is 19.6 Å². The molecule has 1 heterocycles. The van der Waals surface area contributed by atoms with Gasteiger partial charge in [0.25, 0.3) is 0 Å². The standard InChI is InChI=1S/C12H12O2.C7H12O2.C4H6O3.C2H4/c1-10(12(13)14)6-5-9-11-7-3-2-4-8-11;1-3-5-6-9-7(8)4-2;1-4(2-7-4)3(5)6;1-2/h2-5,7-9H,1,6H2,(H,13,14);4H,2-3,5-6H2,1H3;2H2,1H3,(H,5,6);1-2H2. The van der Waals surface area contributed by atoms with Gasteiger partial charge in [0.15, 0.2) is 5.60 Å². The predicted octanol–water partition coefficient (Wildman–Crippen LogP) is 4.91. The van der Waals surface area contributed by atoms with Crippen LogP contribution in [-0.4, -0.2) is 46.9 Å². The van der Waals surface area contributed by atoms with E-state index in [4.69, 9.17) is 10.2 Å². The number of carbonyl (C=O) groups is 3. The van der Waals surface area contributed by atoms with Gasteiger partial charge >= 0.3 is 17.9 Å². The summed E-state index contributed by atoms with van der Waals surface area (Å²) in [5.74, 6) is -2.14. The van der Waals surface area contributed by atoms with Crippen LogP contribution in [0.15, 0.2) is 74.4 Å². The van der Waals surface area contributed by atoms with Gasteiger partial charge in [-0.15, -0.1) is 13.2 Å². The van der Waals surface area contributed by atoms with Gasteiger partial charge in [0.1, 0.15) is 0 Å². The number of benzene rings is 1. The fourth-order valence-electron chi connectivity index (χ4n) is 1.60. The Morgan fingerprint density at radius 1 is 1.19 bits per heavy atom. The number of carboxylic acid groups (broad SMARTS) is 2. The van der Waals surface area contributed by atoms with Gasteiger partial charge in [-0.1, -0.05) is 69.0 Å². The summed E-state index contributed by atoms with van der Waals surface area (Å²) in [7, 11) is 0. The summed E-state index contributed by atoms with van der Waals surface area (Å²) in [5, 5.41) is 16.7. The van der Waals surface area contributed by atoms with Gasteiger partial charge in [-0.3, -0.25) is 0 Å². The molecule has 0 radical (unpaired) electrons. The largest absolute Gasteiger partial charge is 0.479 e. The Bertz CT molecular complexity index is 747. The van der Waals surface area contributed by atoms with Crippen molar-refractivity contribution in [3.05, 3.63) is 79.9 Å². The van der Waals surface area contributed by atoms with Crippen molar-refractivity contribution in [3.8, 4) is 0 Å². The minimum Gasteiger partial charge on any atom is -0.479 e. The summed E-state index contributed by atoms with van der Waals surface area (Å²) in [6.07, 6.45) is 7.21. The van der Waals surface area contributed by atoms with E-state index in [1.165, 1.54) is 6.08 Å². The van der Waals surface area contributed by atoms with Crippen molar-refractivity contribution in [2.24, 2.45) is 0 Å². The molecule has 1 aromatic rings. The van der Waals surface area contributed by atoms with Gasteiger partial charge in [0.05, 0.1) is 13.2 Å². The first-order valence-corrected chi connectivity index (χ1v) is 9.95. The molecule has 1 unspecified atom stereocenters. The van der Waals surface area contributed by atoms with Crippen LogP contribution in [0.5, 0.6) is 0 Å². The second-order valence-corrected chi connectivity index (χ2v) is 6.48. The van der Waals surface area contributed by atoms with Crippen LogP contribution in [0.1, 0.15) is 38.7 Å². The zero-order chi connectivity index (χ0) is 25.0. The molecule has 1 fully saturated rings. The number of ether oxygens (including phenoxy) is 2. The van der Waals surface area contributed by atoms with E-state index in [1.807, 2.05) is 43.3 Å². The predicted molar refractivity (Wildman–Crippen MR) is 126 cm³/mol. The second kappa shape index (κ2) is 18.3. The molecule has 7 nitrogen and oxygen atoms in total. The molecular formula is C25H34O7. The van der Waals surface area contributed by atoms with Gasteiger partial charge in [0, 0.05) is 11.6 Å². The van der Waals surface area contributed by atoms with Crippen LogP contribution in [0.2, 0.25) is 0 Å². The Hall–Kier alpha value is -3.45. The first-order valence-electron chi connectivity index (χ1n) is 9.95. The highest BCUT2D eigenvalue weighted by atomic mass is 16.6. The minimum atomic E-state index is -0.942. The third kappa shape index (κ3) is 16.4. The molecular weight excluding hydrogens is 412 g/mol. The van der Waals surface area contributed by atoms with E-state index < -0.39 is 17.5 Å². The number of epoxide rings is 1. The zero-order valence-electron chi connectivity index (χ0n) is 18.9. The molecule has 1 aromatic carbocycles. The van der Waals surface area contributed by atoms with Crippen LogP contribution in [0, 0.1) is 0 Å². The number of unbranched alkanes of at least 4 members (excludes halogenated alkanes) is 1. The fourth-order valence-corrected chi connectivity index (χ4v) is 1.60. The third-order valence-electron chi connectivity index (χ3n) is 3.72. The average Bonchev–Trinajstić information content (AvgIpc) is 3.55. The topological polar surface area (TPSA) is 113 Å². The van der Waals surface area contributed by atoms with Crippen molar-refractivity contribution < 1.29 is 34.1 Å². The van der Waals surface area contributed by atoms with Gasteiger partial charge in [-0.2, -0.15) is 0 Å². The van der Waals surface area contributed by atoms with Crippen molar-refractivity contribution >= 4 is 24.0 Å². The molecule has 2 N–H and O–H groups in total. The summed E-state index contributed by atoms with van der Waals surface area (Å²) in [6, 6.07) is 9.73. The molecule has 1 aliphatic rings. The van der Waals surface area contributed by atoms with Crippen molar-refractivity contribution in [3.63, 3.8) is 0 Å². The Labute approximate surface area is 190 Å². The van der Waals surface area contributed by atoms with E-state index >= 15 is 0 Å². The molecule has 1 aliphatic heterocycles.